The van der Waals surface area contributed by atoms with E-state index in [0.717, 1.165) is 34.8 Å². The molecule has 1 fully saturated rings. The number of rotatable bonds is 6. The molecule has 4 rings (SSSR count). The van der Waals surface area contributed by atoms with Gasteiger partial charge in [0, 0.05) is 35.4 Å². The SMILES string of the molecule is CC1Cc2cc(S(=O)(=O)N(C)CC(=O)Nc3ccc(Cl)cc3)ccc2N1C(=O)C1CCC1. The molecule has 1 aliphatic carbocycles. The summed E-state index contributed by atoms with van der Waals surface area (Å²) in [6, 6.07) is 11.4. The number of sulfonamides is 1. The second kappa shape index (κ2) is 8.84. The Bertz CT molecular complexity index is 1150. The number of carbonyl (C=O) groups excluding carboxylic acids is 2. The summed E-state index contributed by atoms with van der Waals surface area (Å²) in [6.45, 7) is 1.66. The van der Waals surface area contributed by atoms with Gasteiger partial charge in [-0.2, -0.15) is 4.31 Å². The van der Waals surface area contributed by atoms with Crippen molar-refractivity contribution in [2.24, 2.45) is 5.92 Å². The van der Waals surface area contributed by atoms with Crippen LogP contribution >= 0.6 is 11.6 Å². The molecule has 1 unspecified atom stereocenters. The summed E-state index contributed by atoms with van der Waals surface area (Å²) < 4.78 is 27.2. The maximum atomic E-state index is 13.1. The lowest BCUT2D eigenvalue weighted by atomic mass is 9.84. The Labute approximate surface area is 193 Å². The minimum Gasteiger partial charge on any atom is -0.325 e. The van der Waals surface area contributed by atoms with Crippen LogP contribution in [0.3, 0.4) is 0 Å². The van der Waals surface area contributed by atoms with Crippen molar-refractivity contribution in [3.63, 3.8) is 0 Å². The van der Waals surface area contributed by atoms with E-state index in [1.54, 1.807) is 36.4 Å². The van der Waals surface area contributed by atoms with E-state index in [-0.39, 0.29) is 29.3 Å². The summed E-state index contributed by atoms with van der Waals surface area (Å²) in [4.78, 5) is 27.1. The number of nitrogens with zero attached hydrogens (tertiary/aromatic N) is 2. The lowest BCUT2D eigenvalue weighted by molar-refractivity contribution is -0.125. The molecular formula is C23H26ClN3O4S. The highest BCUT2D eigenvalue weighted by atomic mass is 35.5. The van der Waals surface area contributed by atoms with Gasteiger partial charge in [0.25, 0.3) is 0 Å². The summed E-state index contributed by atoms with van der Waals surface area (Å²) in [6.07, 6.45) is 3.54. The predicted molar refractivity (Wildman–Crippen MR) is 124 cm³/mol. The zero-order chi connectivity index (χ0) is 23.0. The molecule has 1 aliphatic heterocycles. The molecule has 2 aromatic rings. The average Bonchev–Trinajstić information content (AvgIpc) is 3.03. The molecule has 1 saturated carbocycles. The van der Waals surface area contributed by atoms with E-state index in [2.05, 4.69) is 5.32 Å². The first-order valence-corrected chi connectivity index (χ1v) is 12.5. The number of anilines is 2. The number of likely N-dealkylation sites (N-methyl/N-ethyl adjacent to an activating group) is 1. The Hall–Kier alpha value is -2.42. The molecule has 2 aliphatic rings. The van der Waals surface area contributed by atoms with Crippen LogP contribution in [-0.2, 0) is 26.0 Å². The molecule has 0 spiro atoms. The Morgan fingerprint density at radius 3 is 2.47 bits per heavy atom. The summed E-state index contributed by atoms with van der Waals surface area (Å²) in [5.74, 6) is -0.239. The summed E-state index contributed by atoms with van der Waals surface area (Å²) in [5.41, 5.74) is 2.16. The number of nitrogens with one attached hydrogen (secondary N) is 1. The van der Waals surface area contributed by atoms with E-state index in [1.807, 2.05) is 11.8 Å². The molecule has 7 nitrogen and oxygen atoms in total. The van der Waals surface area contributed by atoms with E-state index >= 15 is 0 Å². The van der Waals surface area contributed by atoms with Crippen LogP contribution in [0.25, 0.3) is 0 Å². The van der Waals surface area contributed by atoms with E-state index < -0.39 is 15.9 Å². The van der Waals surface area contributed by atoms with Gasteiger partial charge in [0.05, 0.1) is 11.4 Å². The first kappa shape index (κ1) is 22.8. The largest absolute Gasteiger partial charge is 0.325 e. The third kappa shape index (κ3) is 4.40. The van der Waals surface area contributed by atoms with Gasteiger partial charge in [-0.05, 0) is 74.2 Å². The minimum atomic E-state index is -3.87. The minimum absolute atomic E-state index is 0.000984. The van der Waals surface area contributed by atoms with E-state index in [1.165, 1.54) is 13.1 Å². The normalized spacial score (nSPS) is 18.4. The van der Waals surface area contributed by atoms with Gasteiger partial charge in [0.2, 0.25) is 21.8 Å². The maximum absolute atomic E-state index is 13.1. The van der Waals surface area contributed by atoms with Crippen molar-refractivity contribution in [2.75, 3.05) is 23.8 Å². The van der Waals surface area contributed by atoms with Gasteiger partial charge in [-0.3, -0.25) is 9.59 Å². The molecule has 1 heterocycles. The number of hydrogen-bond acceptors (Lipinski definition) is 4. The smallest absolute Gasteiger partial charge is 0.243 e. The van der Waals surface area contributed by atoms with Crippen LogP contribution in [0.15, 0.2) is 47.4 Å². The van der Waals surface area contributed by atoms with Crippen molar-refractivity contribution in [3.05, 3.63) is 53.1 Å². The molecule has 170 valence electrons. The molecule has 9 heteroatoms. The van der Waals surface area contributed by atoms with Crippen LogP contribution in [0.4, 0.5) is 11.4 Å². The molecule has 0 saturated heterocycles. The molecule has 2 amide bonds. The van der Waals surface area contributed by atoms with Crippen molar-refractivity contribution >= 4 is 44.8 Å². The highest BCUT2D eigenvalue weighted by Gasteiger charge is 2.37. The quantitative estimate of drug-likeness (QED) is 0.690. The lowest BCUT2D eigenvalue weighted by Crippen LogP contribution is -2.42. The van der Waals surface area contributed by atoms with Crippen molar-refractivity contribution < 1.29 is 18.0 Å². The van der Waals surface area contributed by atoms with E-state index in [4.69, 9.17) is 11.6 Å². The van der Waals surface area contributed by atoms with Gasteiger partial charge in [0.1, 0.15) is 0 Å². The first-order valence-electron chi connectivity index (χ1n) is 10.6. The lowest BCUT2D eigenvalue weighted by Gasteiger charge is -2.32. The molecular weight excluding hydrogens is 450 g/mol. The van der Waals surface area contributed by atoms with E-state index in [0.29, 0.717) is 17.1 Å². The highest BCUT2D eigenvalue weighted by Crippen LogP contribution is 2.38. The third-order valence-corrected chi connectivity index (χ3v) is 8.21. The molecule has 0 aromatic heterocycles. The zero-order valence-electron chi connectivity index (χ0n) is 18.0. The van der Waals surface area contributed by atoms with Crippen molar-refractivity contribution in [1.29, 1.82) is 0 Å². The topological polar surface area (TPSA) is 86.8 Å². The van der Waals surface area contributed by atoms with Crippen LogP contribution in [0.1, 0.15) is 31.7 Å². The summed E-state index contributed by atoms with van der Waals surface area (Å²) in [5, 5.41) is 3.21. The fourth-order valence-electron chi connectivity index (χ4n) is 4.16. The molecule has 2 aromatic carbocycles. The van der Waals surface area contributed by atoms with E-state index in [9.17, 15) is 18.0 Å². The molecule has 0 radical (unpaired) electrons. The van der Waals surface area contributed by atoms with Crippen molar-refractivity contribution in [1.82, 2.24) is 4.31 Å². The van der Waals surface area contributed by atoms with Crippen LogP contribution in [0.2, 0.25) is 5.02 Å². The van der Waals surface area contributed by atoms with Gasteiger partial charge in [-0.1, -0.05) is 18.0 Å². The fourth-order valence-corrected chi connectivity index (χ4v) is 5.46. The zero-order valence-corrected chi connectivity index (χ0v) is 19.6. The van der Waals surface area contributed by atoms with Crippen molar-refractivity contribution in [3.8, 4) is 0 Å². The number of halogens is 1. The summed E-state index contributed by atoms with van der Waals surface area (Å²) in [7, 11) is -2.50. The number of benzene rings is 2. The van der Waals surface area contributed by atoms with Gasteiger partial charge in [0.15, 0.2) is 0 Å². The number of hydrogen-bond donors (Lipinski definition) is 1. The monoisotopic (exact) mass is 475 g/mol. The second-order valence-electron chi connectivity index (χ2n) is 8.50. The number of amides is 2. The second-order valence-corrected chi connectivity index (χ2v) is 11.0. The number of carbonyl (C=O) groups is 2. The van der Waals surface area contributed by atoms with Gasteiger partial charge >= 0.3 is 0 Å². The van der Waals surface area contributed by atoms with Crippen LogP contribution in [0, 0.1) is 5.92 Å². The Balaban J connectivity index is 1.48. The maximum Gasteiger partial charge on any atom is 0.243 e. The Morgan fingerprint density at radius 2 is 1.84 bits per heavy atom. The molecule has 1 N–H and O–H groups in total. The van der Waals surface area contributed by atoms with Crippen LogP contribution in [0.5, 0.6) is 0 Å². The third-order valence-electron chi connectivity index (χ3n) is 6.16. The standard InChI is InChI=1S/C23H26ClN3O4S/c1-15-12-17-13-20(10-11-21(17)27(15)23(29)16-4-3-5-16)32(30,31)26(2)14-22(28)25-19-8-6-18(24)7-9-19/h6-11,13,15-16H,3-5,12,14H2,1-2H3,(H,25,28). The van der Waals surface area contributed by atoms with Gasteiger partial charge in [-0.15, -0.1) is 0 Å². The number of fused-ring (bicyclic) bond motifs is 1. The molecule has 0 bridgehead atoms. The fraction of sp³-hybridized carbons (Fsp3) is 0.391. The van der Waals surface area contributed by atoms with Crippen molar-refractivity contribution in [2.45, 2.75) is 43.5 Å². The van der Waals surface area contributed by atoms with Crippen LogP contribution < -0.4 is 10.2 Å². The summed E-state index contributed by atoms with van der Waals surface area (Å²) >= 11 is 5.84. The molecule has 32 heavy (non-hydrogen) atoms. The first-order chi connectivity index (χ1) is 15.2. The van der Waals surface area contributed by atoms with Gasteiger partial charge < -0.3 is 10.2 Å². The van der Waals surface area contributed by atoms with Gasteiger partial charge in [-0.25, -0.2) is 8.42 Å². The average molecular weight is 476 g/mol. The highest BCUT2D eigenvalue weighted by molar-refractivity contribution is 7.89. The predicted octanol–water partition coefficient (Wildman–Crippen LogP) is 3.68. The Kier molecular flexibility index (Phi) is 6.29. The Morgan fingerprint density at radius 1 is 1.16 bits per heavy atom. The van der Waals surface area contributed by atoms with Crippen LogP contribution in [-0.4, -0.2) is 44.2 Å². The molecule has 1 atom stereocenters.